The quantitative estimate of drug-likeness (QED) is 0.610. The van der Waals surface area contributed by atoms with Gasteiger partial charge in [-0.25, -0.2) is 4.98 Å². The van der Waals surface area contributed by atoms with Crippen molar-refractivity contribution in [3.63, 3.8) is 0 Å². The van der Waals surface area contributed by atoms with Crippen LogP contribution in [-0.2, 0) is 16.0 Å². The van der Waals surface area contributed by atoms with Gasteiger partial charge in [-0.1, -0.05) is 32.6 Å². The molecule has 0 radical (unpaired) electrons. The fourth-order valence-corrected chi connectivity index (χ4v) is 3.35. The number of aromatic amines is 1. The molecule has 1 aromatic heterocycles. The van der Waals surface area contributed by atoms with Crippen LogP contribution in [0.1, 0.15) is 63.6 Å². The molecule has 2 N–H and O–H groups in total. The van der Waals surface area contributed by atoms with Gasteiger partial charge in [0.05, 0.1) is 13.2 Å². The van der Waals surface area contributed by atoms with E-state index in [1.807, 2.05) is 18.7 Å². The fraction of sp³-hybridized carbons (Fsp3) is 0.750. The zero-order valence-corrected chi connectivity index (χ0v) is 17.0. The molecule has 2 rings (SSSR count). The largest absolute Gasteiger partial charge is 0.378 e. The first-order valence-electron chi connectivity index (χ1n) is 10.2. The van der Waals surface area contributed by atoms with E-state index < -0.39 is 0 Å². The third-order valence-electron chi connectivity index (χ3n) is 5.02. The Labute approximate surface area is 161 Å². The van der Waals surface area contributed by atoms with Gasteiger partial charge in [0, 0.05) is 36.8 Å². The summed E-state index contributed by atoms with van der Waals surface area (Å²) in [4.78, 5) is 34.1. The Bertz CT molecular complexity index is 653. The number of aromatic nitrogens is 2. The van der Waals surface area contributed by atoms with Gasteiger partial charge in [-0.15, -0.1) is 0 Å². The molecule has 27 heavy (non-hydrogen) atoms. The first-order valence-corrected chi connectivity index (χ1v) is 10.2. The summed E-state index contributed by atoms with van der Waals surface area (Å²) in [6, 6.07) is 0.176. The molecule has 0 spiro atoms. The summed E-state index contributed by atoms with van der Waals surface area (Å²) in [5.41, 5.74) is 1.14. The van der Waals surface area contributed by atoms with Crippen molar-refractivity contribution in [1.82, 2.24) is 15.3 Å². The number of carbonyl (C=O) groups excluding carboxylic acids is 1. The van der Waals surface area contributed by atoms with Crippen LogP contribution in [0.5, 0.6) is 0 Å². The SMILES string of the molecule is CCCCCCC(C)NC(=O)CCc1c(C)nc(N2CCOCC2)[nH]c1=O. The Morgan fingerprint density at radius 2 is 2.04 bits per heavy atom. The van der Waals surface area contributed by atoms with Crippen LogP contribution in [0.2, 0.25) is 0 Å². The first-order chi connectivity index (χ1) is 13.0. The van der Waals surface area contributed by atoms with Crippen molar-refractivity contribution >= 4 is 11.9 Å². The van der Waals surface area contributed by atoms with Crippen LogP contribution < -0.4 is 15.8 Å². The van der Waals surface area contributed by atoms with E-state index in [1.165, 1.54) is 19.3 Å². The summed E-state index contributed by atoms with van der Waals surface area (Å²) in [6.07, 6.45) is 6.53. The summed E-state index contributed by atoms with van der Waals surface area (Å²) in [6.45, 7) is 8.80. The van der Waals surface area contributed by atoms with Crippen LogP contribution in [0.15, 0.2) is 4.79 Å². The predicted molar refractivity (Wildman–Crippen MR) is 107 cm³/mol. The molecular formula is C20H34N4O3. The van der Waals surface area contributed by atoms with Crippen LogP contribution in [0, 0.1) is 6.92 Å². The van der Waals surface area contributed by atoms with Gasteiger partial charge in [0.2, 0.25) is 11.9 Å². The van der Waals surface area contributed by atoms with E-state index in [0.717, 1.165) is 25.9 Å². The van der Waals surface area contributed by atoms with Crippen LogP contribution in [-0.4, -0.2) is 48.2 Å². The van der Waals surface area contributed by atoms with E-state index in [0.29, 0.717) is 43.3 Å². The van der Waals surface area contributed by atoms with Crippen molar-refractivity contribution < 1.29 is 9.53 Å². The van der Waals surface area contributed by atoms with Gasteiger partial charge < -0.3 is 15.0 Å². The number of amides is 1. The van der Waals surface area contributed by atoms with E-state index in [2.05, 4.69) is 22.2 Å². The van der Waals surface area contributed by atoms with Crippen LogP contribution in [0.4, 0.5) is 5.95 Å². The molecule has 0 aliphatic carbocycles. The number of hydrogen-bond acceptors (Lipinski definition) is 5. The van der Waals surface area contributed by atoms with Gasteiger partial charge in [-0.2, -0.15) is 0 Å². The van der Waals surface area contributed by atoms with Crippen molar-refractivity contribution in [2.24, 2.45) is 0 Å². The lowest BCUT2D eigenvalue weighted by Crippen LogP contribution is -2.39. The first kappa shape index (κ1) is 21.4. The van der Waals surface area contributed by atoms with Crippen LogP contribution in [0.3, 0.4) is 0 Å². The highest BCUT2D eigenvalue weighted by Crippen LogP contribution is 2.11. The van der Waals surface area contributed by atoms with Crippen LogP contribution in [0.25, 0.3) is 0 Å². The van der Waals surface area contributed by atoms with Gasteiger partial charge in [0.15, 0.2) is 0 Å². The molecule has 7 heteroatoms. The lowest BCUT2D eigenvalue weighted by molar-refractivity contribution is -0.121. The highest BCUT2D eigenvalue weighted by atomic mass is 16.5. The van der Waals surface area contributed by atoms with Crippen molar-refractivity contribution in [1.29, 1.82) is 0 Å². The minimum absolute atomic E-state index is 0.00551. The summed E-state index contributed by atoms with van der Waals surface area (Å²) in [7, 11) is 0. The molecule has 1 unspecified atom stereocenters. The van der Waals surface area contributed by atoms with E-state index in [9.17, 15) is 9.59 Å². The number of aryl methyl sites for hydroxylation is 1. The molecule has 0 saturated carbocycles. The lowest BCUT2D eigenvalue weighted by atomic mass is 10.1. The molecule has 1 atom stereocenters. The molecule has 1 amide bonds. The number of hydrogen-bond donors (Lipinski definition) is 2. The Hall–Kier alpha value is -1.89. The topological polar surface area (TPSA) is 87.3 Å². The number of H-pyrrole nitrogens is 1. The number of unbranched alkanes of at least 4 members (excludes halogenated alkanes) is 3. The number of morpholine rings is 1. The number of nitrogens with zero attached hydrogens (tertiary/aromatic N) is 2. The van der Waals surface area contributed by atoms with Crippen molar-refractivity contribution in [2.45, 2.75) is 71.8 Å². The summed E-state index contributed by atoms with van der Waals surface area (Å²) in [5.74, 6) is 0.587. The van der Waals surface area contributed by atoms with E-state index in [1.54, 1.807) is 0 Å². The molecule has 2 heterocycles. The standard InChI is InChI=1S/C20H34N4O3/c1-4-5-6-7-8-15(2)21-18(25)10-9-17-16(3)22-20(23-19(17)26)24-11-13-27-14-12-24/h15H,4-14H2,1-3H3,(H,21,25)(H,22,23,26). The second kappa shape index (κ2) is 11.1. The molecule has 152 valence electrons. The molecule has 7 nitrogen and oxygen atoms in total. The van der Waals surface area contributed by atoms with Gasteiger partial charge in [-0.05, 0) is 26.7 Å². The third kappa shape index (κ3) is 6.97. The number of nitrogens with one attached hydrogen (secondary N) is 2. The van der Waals surface area contributed by atoms with Gasteiger partial charge in [-0.3, -0.25) is 14.6 Å². The maximum absolute atomic E-state index is 12.5. The maximum atomic E-state index is 12.5. The van der Waals surface area contributed by atoms with E-state index in [4.69, 9.17) is 4.74 Å². The monoisotopic (exact) mass is 378 g/mol. The summed E-state index contributed by atoms with van der Waals surface area (Å²) in [5, 5.41) is 3.04. The number of carbonyl (C=O) groups is 1. The van der Waals surface area contributed by atoms with Crippen molar-refractivity contribution in [2.75, 3.05) is 31.2 Å². The molecule has 0 aromatic carbocycles. The molecule has 0 bridgehead atoms. The predicted octanol–water partition coefficient (Wildman–Crippen LogP) is 2.32. The van der Waals surface area contributed by atoms with Crippen LogP contribution >= 0.6 is 0 Å². The zero-order valence-electron chi connectivity index (χ0n) is 17.0. The molecule has 1 aliphatic rings. The van der Waals surface area contributed by atoms with E-state index >= 15 is 0 Å². The second-order valence-electron chi connectivity index (χ2n) is 7.37. The minimum Gasteiger partial charge on any atom is -0.378 e. The Kier molecular flexibility index (Phi) is 8.78. The van der Waals surface area contributed by atoms with Crippen molar-refractivity contribution in [3.8, 4) is 0 Å². The highest BCUT2D eigenvalue weighted by Gasteiger charge is 2.17. The molecule has 1 aromatic rings. The molecule has 1 aliphatic heterocycles. The zero-order chi connectivity index (χ0) is 19.6. The molecule has 1 saturated heterocycles. The van der Waals surface area contributed by atoms with Crippen molar-refractivity contribution in [3.05, 3.63) is 21.6 Å². The fourth-order valence-electron chi connectivity index (χ4n) is 3.35. The lowest BCUT2D eigenvalue weighted by Gasteiger charge is -2.27. The van der Waals surface area contributed by atoms with Gasteiger partial charge in [0.1, 0.15) is 0 Å². The van der Waals surface area contributed by atoms with Gasteiger partial charge in [0.25, 0.3) is 5.56 Å². The van der Waals surface area contributed by atoms with E-state index in [-0.39, 0.29) is 17.5 Å². The van der Waals surface area contributed by atoms with Gasteiger partial charge >= 0.3 is 0 Å². The summed E-state index contributed by atoms with van der Waals surface area (Å²) < 4.78 is 5.33. The Morgan fingerprint density at radius 1 is 1.30 bits per heavy atom. The smallest absolute Gasteiger partial charge is 0.255 e. The highest BCUT2D eigenvalue weighted by molar-refractivity contribution is 5.76. The molecule has 1 fully saturated rings. The number of anilines is 1. The maximum Gasteiger partial charge on any atom is 0.255 e. The molecular weight excluding hydrogens is 344 g/mol. The number of rotatable bonds is 10. The Morgan fingerprint density at radius 3 is 2.70 bits per heavy atom. The second-order valence-corrected chi connectivity index (χ2v) is 7.37. The third-order valence-corrected chi connectivity index (χ3v) is 5.02. The normalized spacial score (nSPS) is 15.6. The Balaban J connectivity index is 1.84. The average molecular weight is 379 g/mol. The summed E-state index contributed by atoms with van der Waals surface area (Å²) >= 11 is 0. The minimum atomic E-state index is -0.149. The average Bonchev–Trinajstić information content (AvgIpc) is 2.65. The number of ether oxygens (including phenoxy) is 1.